The molecule has 0 radical (unpaired) electrons. The number of aryl methyl sites for hydroxylation is 1. The van der Waals surface area contributed by atoms with E-state index in [1.165, 1.54) is 5.56 Å². The topological polar surface area (TPSA) is 62.7 Å². The zero-order valence-electron chi connectivity index (χ0n) is 6.67. The van der Waals surface area contributed by atoms with Crippen molar-refractivity contribution in [2.45, 2.75) is 19.3 Å². The van der Waals surface area contributed by atoms with Gasteiger partial charge in [-0.15, -0.1) is 0 Å². The Kier molecular flexibility index (Phi) is 1.47. The van der Waals surface area contributed by atoms with Gasteiger partial charge >= 0.3 is 0 Å². The molecule has 0 aliphatic heterocycles. The molecular formula is C9H9N3. The molecule has 0 saturated heterocycles. The molecule has 60 valence electrons. The normalized spacial score (nSPS) is 13.9. The fourth-order valence-electron chi connectivity index (χ4n) is 1.69. The van der Waals surface area contributed by atoms with Crippen LogP contribution >= 0.6 is 0 Å². The molecule has 3 nitrogen and oxygen atoms in total. The SMILES string of the molecule is N#Cc1c(N)ncc2c1CCC2. The molecule has 0 atom stereocenters. The van der Waals surface area contributed by atoms with Crippen LogP contribution in [0.2, 0.25) is 0 Å². The first kappa shape index (κ1) is 7.11. The second kappa shape index (κ2) is 2.49. The predicted octanol–water partition coefficient (Wildman–Crippen LogP) is 1.02. The second-order valence-electron chi connectivity index (χ2n) is 2.99. The summed E-state index contributed by atoms with van der Waals surface area (Å²) in [5.74, 6) is 0.373. The summed E-state index contributed by atoms with van der Waals surface area (Å²) in [5.41, 5.74) is 8.47. The molecule has 0 unspecified atom stereocenters. The van der Waals surface area contributed by atoms with Gasteiger partial charge in [0.2, 0.25) is 0 Å². The van der Waals surface area contributed by atoms with E-state index in [4.69, 9.17) is 11.0 Å². The van der Waals surface area contributed by atoms with Crippen LogP contribution in [0.4, 0.5) is 5.82 Å². The molecule has 1 aliphatic carbocycles. The molecule has 1 aliphatic rings. The molecule has 0 saturated carbocycles. The Labute approximate surface area is 70.8 Å². The summed E-state index contributed by atoms with van der Waals surface area (Å²) in [6, 6.07) is 2.11. The summed E-state index contributed by atoms with van der Waals surface area (Å²) in [6.07, 6.45) is 4.93. The van der Waals surface area contributed by atoms with Crippen molar-refractivity contribution in [2.24, 2.45) is 0 Å². The maximum atomic E-state index is 8.81. The minimum Gasteiger partial charge on any atom is -0.383 e. The predicted molar refractivity (Wildman–Crippen MR) is 45.4 cm³/mol. The standard InChI is InChI=1S/C9H9N3/c10-4-8-7-3-1-2-6(7)5-12-9(8)11/h5H,1-3H2,(H2,11,12). The van der Waals surface area contributed by atoms with Crippen molar-refractivity contribution in [2.75, 3.05) is 5.73 Å². The van der Waals surface area contributed by atoms with Crippen molar-refractivity contribution in [3.8, 4) is 6.07 Å². The molecule has 0 fully saturated rings. The van der Waals surface area contributed by atoms with Crippen LogP contribution in [0.5, 0.6) is 0 Å². The van der Waals surface area contributed by atoms with Crippen molar-refractivity contribution in [1.82, 2.24) is 4.98 Å². The van der Waals surface area contributed by atoms with Crippen LogP contribution in [0.15, 0.2) is 6.20 Å². The highest BCUT2D eigenvalue weighted by atomic mass is 14.8. The van der Waals surface area contributed by atoms with Crippen LogP contribution < -0.4 is 5.73 Å². The minimum absolute atomic E-state index is 0.373. The largest absolute Gasteiger partial charge is 0.383 e. The second-order valence-corrected chi connectivity index (χ2v) is 2.99. The van der Waals surface area contributed by atoms with E-state index >= 15 is 0 Å². The highest BCUT2D eigenvalue weighted by Gasteiger charge is 2.17. The Morgan fingerprint density at radius 1 is 1.50 bits per heavy atom. The number of nitrogen functional groups attached to an aromatic ring is 1. The van der Waals surface area contributed by atoms with Crippen molar-refractivity contribution in [3.63, 3.8) is 0 Å². The first-order chi connectivity index (χ1) is 5.83. The van der Waals surface area contributed by atoms with Gasteiger partial charge in [-0.2, -0.15) is 5.26 Å². The molecule has 0 aromatic carbocycles. The van der Waals surface area contributed by atoms with Crippen LogP contribution in [0.1, 0.15) is 23.1 Å². The van der Waals surface area contributed by atoms with E-state index in [-0.39, 0.29) is 0 Å². The van der Waals surface area contributed by atoms with Gasteiger partial charge in [-0.3, -0.25) is 0 Å². The number of pyridine rings is 1. The molecule has 3 heteroatoms. The van der Waals surface area contributed by atoms with E-state index < -0.39 is 0 Å². The zero-order valence-corrected chi connectivity index (χ0v) is 6.67. The first-order valence-electron chi connectivity index (χ1n) is 3.99. The fourth-order valence-corrected chi connectivity index (χ4v) is 1.69. The van der Waals surface area contributed by atoms with E-state index in [1.54, 1.807) is 6.20 Å². The molecule has 12 heavy (non-hydrogen) atoms. The molecule has 2 N–H and O–H groups in total. The maximum Gasteiger partial charge on any atom is 0.141 e. The lowest BCUT2D eigenvalue weighted by molar-refractivity contribution is 0.910. The lowest BCUT2D eigenvalue weighted by Gasteiger charge is -2.02. The Bertz CT molecular complexity index is 363. The fraction of sp³-hybridized carbons (Fsp3) is 0.333. The average Bonchev–Trinajstić information content (AvgIpc) is 2.52. The van der Waals surface area contributed by atoms with Crippen LogP contribution in [0, 0.1) is 11.3 Å². The Morgan fingerprint density at radius 2 is 2.33 bits per heavy atom. The molecule has 0 amide bonds. The summed E-state index contributed by atoms with van der Waals surface area (Å²) in [7, 11) is 0. The summed E-state index contributed by atoms with van der Waals surface area (Å²) < 4.78 is 0. The highest BCUT2D eigenvalue weighted by molar-refractivity contribution is 5.56. The van der Waals surface area contributed by atoms with Gasteiger partial charge in [0.05, 0.1) is 5.56 Å². The van der Waals surface area contributed by atoms with Gasteiger partial charge in [0.25, 0.3) is 0 Å². The van der Waals surface area contributed by atoms with Crippen molar-refractivity contribution >= 4 is 5.82 Å². The third-order valence-corrected chi connectivity index (χ3v) is 2.29. The first-order valence-corrected chi connectivity index (χ1v) is 3.99. The van der Waals surface area contributed by atoms with Crippen molar-refractivity contribution in [1.29, 1.82) is 5.26 Å². The number of hydrogen-bond donors (Lipinski definition) is 1. The Hall–Kier alpha value is -1.56. The summed E-state index contributed by atoms with van der Waals surface area (Å²) in [5, 5.41) is 8.81. The third kappa shape index (κ3) is 0.850. The molecular weight excluding hydrogens is 150 g/mol. The minimum atomic E-state index is 0.373. The number of rotatable bonds is 0. The number of nitrogens with two attached hydrogens (primary N) is 1. The number of hydrogen-bond acceptors (Lipinski definition) is 3. The quantitative estimate of drug-likeness (QED) is 0.614. The number of anilines is 1. The maximum absolute atomic E-state index is 8.81. The molecule has 2 rings (SSSR count). The van der Waals surface area contributed by atoms with E-state index in [0.717, 1.165) is 24.8 Å². The van der Waals surface area contributed by atoms with Gasteiger partial charge in [0.15, 0.2) is 0 Å². The smallest absolute Gasteiger partial charge is 0.141 e. The van der Waals surface area contributed by atoms with Gasteiger partial charge in [-0.1, -0.05) is 0 Å². The summed E-state index contributed by atoms with van der Waals surface area (Å²) in [4.78, 5) is 3.98. The van der Waals surface area contributed by atoms with Crippen LogP contribution in [-0.2, 0) is 12.8 Å². The van der Waals surface area contributed by atoms with E-state index in [9.17, 15) is 0 Å². The summed E-state index contributed by atoms with van der Waals surface area (Å²) >= 11 is 0. The van der Waals surface area contributed by atoms with Crippen molar-refractivity contribution in [3.05, 3.63) is 22.9 Å². The third-order valence-electron chi connectivity index (χ3n) is 2.29. The van der Waals surface area contributed by atoms with Crippen LogP contribution in [-0.4, -0.2) is 4.98 Å². The van der Waals surface area contributed by atoms with E-state index in [0.29, 0.717) is 11.4 Å². The average molecular weight is 159 g/mol. The molecule has 1 aromatic heterocycles. The number of aromatic nitrogens is 1. The molecule has 0 bridgehead atoms. The number of nitrogens with zero attached hydrogens (tertiary/aromatic N) is 2. The van der Waals surface area contributed by atoms with Gasteiger partial charge in [-0.05, 0) is 30.4 Å². The van der Waals surface area contributed by atoms with Gasteiger partial charge in [-0.25, -0.2) is 4.98 Å². The Morgan fingerprint density at radius 3 is 3.08 bits per heavy atom. The van der Waals surface area contributed by atoms with E-state index in [1.807, 2.05) is 0 Å². The Balaban J connectivity index is 2.67. The number of fused-ring (bicyclic) bond motifs is 1. The zero-order chi connectivity index (χ0) is 8.55. The summed E-state index contributed by atoms with van der Waals surface area (Å²) in [6.45, 7) is 0. The van der Waals surface area contributed by atoms with Crippen LogP contribution in [0.25, 0.3) is 0 Å². The molecule has 1 heterocycles. The van der Waals surface area contributed by atoms with Crippen LogP contribution in [0.3, 0.4) is 0 Å². The molecule has 1 aromatic rings. The van der Waals surface area contributed by atoms with Crippen molar-refractivity contribution < 1.29 is 0 Å². The lowest BCUT2D eigenvalue weighted by atomic mass is 10.1. The monoisotopic (exact) mass is 159 g/mol. The van der Waals surface area contributed by atoms with Gasteiger partial charge < -0.3 is 5.73 Å². The molecule has 0 spiro atoms. The van der Waals surface area contributed by atoms with Gasteiger partial charge in [0.1, 0.15) is 11.9 Å². The van der Waals surface area contributed by atoms with Gasteiger partial charge in [0, 0.05) is 6.20 Å². The number of nitriles is 1. The van der Waals surface area contributed by atoms with E-state index in [2.05, 4.69) is 11.1 Å². The highest BCUT2D eigenvalue weighted by Crippen LogP contribution is 2.26. The lowest BCUT2D eigenvalue weighted by Crippen LogP contribution is -1.99.